The number of carbonyl (C=O) groups is 4. The second kappa shape index (κ2) is 11.8. The minimum atomic E-state index is -1.22. The van der Waals surface area contributed by atoms with Gasteiger partial charge in [0.2, 0.25) is 17.7 Å². The van der Waals surface area contributed by atoms with Crippen molar-refractivity contribution in [2.75, 3.05) is 5.75 Å². The van der Waals surface area contributed by atoms with Crippen LogP contribution >= 0.6 is 12.6 Å². The van der Waals surface area contributed by atoms with Crippen molar-refractivity contribution < 1.29 is 24.3 Å². The Labute approximate surface area is 165 Å². The van der Waals surface area contributed by atoms with Crippen molar-refractivity contribution in [1.29, 1.82) is 0 Å². The average molecular weight is 405 g/mol. The molecule has 27 heavy (non-hydrogen) atoms. The maximum Gasteiger partial charge on any atom is 0.327 e. The number of nitrogens with two attached hydrogens (primary N) is 1. The van der Waals surface area contributed by atoms with Gasteiger partial charge in [-0.15, -0.1) is 0 Å². The van der Waals surface area contributed by atoms with Gasteiger partial charge in [-0.3, -0.25) is 14.4 Å². The van der Waals surface area contributed by atoms with Gasteiger partial charge in [-0.1, -0.05) is 27.7 Å². The summed E-state index contributed by atoms with van der Waals surface area (Å²) in [5.41, 5.74) is 5.79. The van der Waals surface area contributed by atoms with Crippen LogP contribution in [0.3, 0.4) is 0 Å². The monoisotopic (exact) mass is 404 g/mol. The highest BCUT2D eigenvalue weighted by atomic mass is 32.1. The highest BCUT2D eigenvalue weighted by Crippen LogP contribution is 2.05. The molecule has 0 spiro atoms. The lowest BCUT2D eigenvalue weighted by Gasteiger charge is -2.25. The summed E-state index contributed by atoms with van der Waals surface area (Å²) in [4.78, 5) is 47.8. The molecule has 156 valence electrons. The van der Waals surface area contributed by atoms with E-state index in [0.717, 1.165) is 0 Å². The molecule has 0 heterocycles. The van der Waals surface area contributed by atoms with E-state index in [4.69, 9.17) is 10.8 Å². The zero-order valence-electron chi connectivity index (χ0n) is 16.5. The third kappa shape index (κ3) is 9.09. The summed E-state index contributed by atoms with van der Waals surface area (Å²) in [6, 6.07) is -3.74. The highest BCUT2D eigenvalue weighted by Gasteiger charge is 2.30. The molecule has 4 atom stereocenters. The van der Waals surface area contributed by atoms with Gasteiger partial charge >= 0.3 is 5.97 Å². The van der Waals surface area contributed by atoms with E-state index in [9.17, 15) is 19.2 Å². The van der Waals surface area contributed by atoms with Crippen molar-refractivity contribution in [3.05, 3.63) is 0 Å². The lowest BCUT2D eigenvalue weighted by Crippen LogP contribution is -2.58. The Morgan fingerprint density at radius 3 is 1.89 bits per heavy atom. The van der Waals surface area contributed by atoms with Gasteiger partial charge in [0.25, 0.3) is 0 Å². The molecule has 0 saturated heterocycles. The molecular formula is C17H32N4O5S. The summed E-state index contributed by atoms with van der Waals surface area (Å²) in [6.07, 6.45) is 0.484. The number of amides is 3. The molecular weight excluding hydrogens is 372 g/mol. The Bertz CT molecular complexity index is 541. The minimum Gasteiger partial charge on any atom is -0.480 e. The van der Waals surface area contributed by atoms with Crippen LogP contribution < -0.4 is 21.7 Å². The Balaban J connectivity index is 4.89. The first kappa shape index (κ1) is 25.2. The summed E-state index contributed by atoms with van der Waals surface area (Å²) < 4.78 is 0. The maximum atomic E-state index is 12.4. The molecule has 0 bridgehead atoms. The predicted molar refractivity (Wildman–Crippen MR) is 105 cm³/mol. The van der Waals surface area contributed by atoms with Gasteiger partial charge < -0.3 is 26.8 Å². The molecule has 0 rings (SSSR count). The van der Waals surface area contributed by atoms with Crippen LogP contribution in [0.2, 0.25) is 0 Å². The minimum absolute atomic E-state index is 0.0833. The van der Waals surface area contributed by atoms with Crippen molar-refractivity contribution in [2.45, 2.75) is 65.2 Å². The van der Waals surface area contributed by atoms with Crippen LogP contribution in [0.5, 0.6) is 0 Å². The molecule has 0 aromatic carbocycles. The normalized spacial score (nSPS) is 15.6. The first-order chi connectivity index (χ1) is 12.4. The van der Waals surface area contributed by atoms with Gasteiger partial charge in [0.1, 0.15) is 18.1 Å². The Morgan fingerprint density at radius 1 is 0.926 bits per heavy atom. The lowest BCUT2D eigenvalue weighted by molar-refractivity contribution is -0.142. The standard InChI is InChI=1S/C17H32N4O5S/c1-8(2)6-11(18)15(23)19-10(5)14(22)21-13(9(3)4)16(24)20-12(7-27)17(25)26/h8-13,27H,6-7,18H2,1-5H3,(H,19,23)(H,20,24)(H,21,22)(H,25,26). The fourth-order valence-electron chi connectivity index (χ4n) is 2.26. The van der Waals surface area contributed by atoms with Crippen LogP contribution in [0.4, 0.5) is 0 Å². The van der Waals surface area contributed by atoms with Crippen molar-refractivity contribution in [3.63, 3.8) is 0 Å². The molecule has 0 aliphatic rings. The van der Waals surface area contributed by atoms with Crippen molar-refractivity contribution in [3.8, 4) is 0 Å². The van der Waals surface area contributed by atoms with E-state index in [-0.39, 0.29) is 17.6 Å². The molecule has 0 aromatic heterocycles. The van der Waals surface area contributed by atoms with Gasteiger partial charge in [0, 0.05) is 5.75 Å². The zero-order valence-corrected chi connectivity index (χ0v) is 17.4. The van der Waals surface area contributed by atoms with Crippen LogP contribution in [0.25, 0.3) is 0 Å². The van der Waals surface area contributed by atoms with Gasteiger partial charge in [0.15, 0.2) is 0 Å². The van der Waals surface area contributed by atoms with Crippen LogP contribution in [0.1, 0.15) is 41.0 Å². The first-order valence-electron chi connectivity index (χ1n) is 8.91. The topological polar surface area (TPSA) is 151 Å². The second-order valence-corrected chi connectivity index (χ2v) is 7.64. The number of hydrogen-bond acceptors (Lipinski definition) is 6. The molecule has 0 radical (unpaired) electrons. The molecule has 0 aliphatic heterocycles. The average Bonchev–Trinajstić information content (AvgIpc) is 2.55. The smallest absolute Gasteiger partial charge is 0.327 e. The number of nitrogens with one attached hydrogen (secondary N) is 3. The van der Waals surface area contributed by atoms with E-state index < -0.39 is 47.9 Å². The molecule has 4 unspecified atom stereocenters. The molecule has 9 nitrogen and oxygen atoms in total. The van der Waals surface area contributed by atoms with Gasteiger partial charge in [-0.25, -0.2) is 4.79 Å². The van der Waals surface area contributed by atoms with Crippen molar-refractivity contribution >= 4 is 36.3 Å². The SMILES string of the molecule is CC(C)CC(N)C(=O)NC(C)C(=O)NC(C(=O)NC(CS)C(=O)O)C(C)C. The Kier molecular flexibility index (Phi) is 11.0. The lowest BCUT2D eigenvalue weighted by atomic mass is 10.0. The van der Waals surface area contributed by atoms with Crippen molar-refractivity contribution in [2.24, 2.45) is 17.6 Å². The number of carbonyl (C=O) groups excluding carboxylic acids is 3. The van der Waals surface area contributed by atoms with E-state index in [0.29, 0.717) is 6.42 Å². The largest absolute Gasteiger partial charge is 0.480 e. The molecule has 0 aliphatic carbocycles. The summed E-state index contributed by atoms with van der Waals surface area (Å²) in [5.74, 6) is -3.00. The fraction of sp³-hybridized carbons (Fsp3) is 0.765. The van der Waals surface area contributed by atoms with E-state index in [1.54, 1.807) is 13.8 Å². The number of carboxylic acid groups (broad SMARTS) is 1. The number of aliphatic carboxylic acids is 1. The summed E-state index contributed by atoms with van der Waals surface area (Å²) in [5, 5.41) is 16.4. The predicted octanol–water partition coefficient (Wildman–Crippen LogP) is -0.495. The number of carboxylic acids is 1. The molecule has 10 heteroatoms. The number of thiol groups is 1. The quantitative estimate of drug-likeness (QED) is 0.256. The van der Waals surface area contributed by atoms with Crippen LogP contribution in [0.15, 0.2) is 0 Å². The van der Waals surface area contributed by atoms with E-state index >= 15 is 0 Å². The molecule has 0 aromatic rings. The molecule has 3 amide bonds. The van der Waals surface area contributed by atoms with E-state index in [1.165, 1.54) is 6.92 Å². The summed E-state index contributed by atoms with van der Waals surface area (Å²) in [7, 11) is 0. The maximum absolute atomic E-state index is 12.4. The number of rotatable bonds is 11. The highest BCUT2D eigenvalue weighted by molar-refractivity contribution is 7.80. The van der Waals surface area contributed by atoms with Gasteiger partial charge in [-0.2, -0.15) is 12.6 Å². The van der Waals surface area contributed by atoms with Gasteiger partial charge in [0.05, 0.1) is 6.04 Å². The third-order valence-electron chi connectivity index (χ3n) is 3.86. The molecule has 0 saturated carbocycles. The summed E-state index contributed by atoms with van der Waals surface area (Å²) in [6.45, 7) is 8.78. The molecule has 6 N–H and O–H groups in total. The van der Waals surface area contributed by atoms with Crippen LogP contribution in [0, 0.1) is 11.8 Å². The van der Waals surface area contributed by atoms with E-state index in [1.807, 2.05) is 13.8 Å². The zero-order chi connectivity index (χ0) is 21.3. The summed E-state index contributed by atoms with van der Waals surface area (Å²) >= 11 is 3.89. The van der Waals surface area contributed by atoms with Gasteiger partial charge in [-0.05, 0) is 25.2 Å². The van der Waals surface area contributed by atoms with Crippen LogP contribution in [-0.4, -0.2) is 58.7 Å². The Hall–Kier alpha value is -1.81. The fourth-order valence-corrected chi connectivity index (χ4v) is 2.51. The van der Waals surface area contributed by atoms with Crippen LogP contribution in [-0.2, 0) is 19.2 Å². The van der Waals surface area contributed by atoms with E-state index in [2.05, 4.69) is 28.6 Å². The van der Waals surface area contributed by atoms with Crippen molar-refractivity contribution in [1.82, 2.24) is 16.0 Å². The third-order valence-corrected chi connectivity index (χ3v) is 4.22. The second-order valence-electron chi connectivity index (χ2n) is 7.28. The number of hydrogen-bond donors (Lipinski definition) is 6. The first-order valence-corrected chi connectivity index (χ1v) is 9.54. The Morgan fingerprint density at radius 2 is 1.48 bits per heavy atom. The molecule has 0 fully saturated rings.